The van der Waals surface area contributed by atoms with Gasteiger partial charge in [0.25, 0.3) is 0 Å². The highest BCUT2D eigenvalue weighted by Crippen LogP contribution is 2.71. The number of hydrogen-bond donors (Lipinski definition) is 1. The Morgan fingerprint density at radius 3 is 2.56 bits per heavy atom. The van der Waals surface area contributed by atoms with Crippen molar-refractivity contribution in [1.29, 1.82) is 0 Å². The van der Waals surface area contributed by atoms with Crippen molar-refractivity contribution < 1.29 is 23.8 Å². The fourth-order valence-electron chi connectivity index (χ4n) is 7.38. The molecule has 0 amide bonds. The van der Waals surface area contributed by atoms with E-state index < -0.39 is 25.3 Å². The zero-order valence-corrected chi connectivity index (χ0v) is 23.6. The maximum Gasteiger partial charge on any atom is 0.191 e. The second kappa shape index (κ2) is 8.37. The van der Waals surface area contributed by atoms with Gasteiger partial charge in [-0.3, -0.25) is 4.79 Å². The number of allylic oxidation sites excluding steroid dienone is 2. The van der Waals surface area contributed by atoms with E-state index in [1.807, 2.05) is 0 Å². The maximum absolute atomic E-state index is 14.0. The highest BCUT2D eigenvalue weighted by Gasteiger charge is 2.74. The summed E-state index contributed by atoms with van der Waals surface area (Å²) in [4.78, 5) is 14.0. The molecule has 34 heavy (non-hydrogen) atoms. The summed E-state index contributed by atoms with van der Waals surface area (Å²) in [7, 11) is -0.419. The van der Waals surface area contributed by atoms with E-state index in [1.54, 1.807) is 7.11 Å². The van der Waals surface area contributed by atoms with Gasteiger partial charge in [0.05, 0.1) is 16.9 Å². The van der Waals surface area contributed by atoms with Gasteiger partial charge in [0.2, 0.25) is 0 Å². The summed E-state index contributed by atoms with van der Waals surface area (Å²) in [6.07, 6.45) is 4.97. The lowest BCUT2D eigenvalue weighted by Crippen LogP contribution is -2.61. The van der Waals surface area contributed by atoms with Crippen LogP contribution in [0.2, 0.25) is 18.1 Å². The lowest BCUT2D eigenvalue weighted by Gasteiger charge is -2.57. The third-order valence-corrected chi connectivity index (χ3v) is 14.9. The van der Waals surface area contributed by atoms with Crippen LogP contribution < -0.4 is 0 Å². The Balaban J connectivity index is 1.85. The summed E-state index contributed by atoms with van der Waals surface area (Å²) in [6, 6.07) is 0. The van der Waals surface area contributed by atoms with Crippen molar-refractivity contribution in [1.82, 2.24) is 0 Å². The summed E-state index contributed by atoms with van der Waals surface area (Å²) < 4.78 is 18.5. The van der Waals surface area contributed by atoms with Crippen LogP contribution in [0.4, 0.5) is 0 Å². The summed E-state index contributed by atoms with van der Waals surface area (Å²) in [5.74, 6) is 0.273. The number of ether oxygens (including phenoxy) is 2. The van der Waals surface area contributed by atoms with Gasteiger partial charge >= 0.3 is 0 Å². The monoisotopic (exact) mass is 490 g/mol. The van der Waals surface area contributed by atoms with Crippen molar-refractivity contribution in [3.05, 3.63) is 23.8 Å². The van der Waals surface area contributed by atoms with Crippen molar-refractivity contribution in [2.75, 3.05) is 20.5 Å². The van der Waals surface area contributed by atoms with Gasteiger partial charge in [0.15, 0.2) is 14.1 Å². The van der Waals surface area contributed by atoms with E-state index in [2.05, 4.69) is 60.4 Å². The minimum Gasteiger partial charge on any atom is -0.416 e. The average Bonchev–Trinajstić information content (AvgIpc) is 3.09. The Morgan fingerprint density at radius 2 is 1.94 bits per heavy atom. The highest BCUT2D eigenvalue weighted by molar-refractivity contribution is 6.74. The molecular weight excluding hydrogens is 444 g/mol. The molecule has 4 aliphatic carbocycles. The number of carbonyl (C=O) groups is 1. The topological polar surface area (TPSA) is 65.0 Å². The molecule has 0 saturated heterocycles. The maximum atomic E-state index is 14.0. The molecule has 2 spiro atoms. The number of carbonyl (C=O) groups excluding carboxylic acids is 1. The lowest BCUT2D eigenvalue weighted by atomic mass is 9.50. The predicted molar refractivity (Wildman–Crippen MR) is 137 cm³/mol. The van der Waals surface area contributed by atoms with Crippen LogP contribution in [-0.2, 0) is 18.7 Å². The van der Waals surface area contributed by atoms with E-state index >= 15 is 0 Å². The van der Waals surface area contributed by atoms with Gasteiger partial charge in [0, 0.05) is 19.6 Å². The summed E-state index contributed by atoms with van der Waals surface area (Å²) in [6.45, 7) is 20.9. The molecule has 2 bridgehead atoms. The standard InChI is InChI=1S/C28H46O5Si/c1-18-14-27-15-19(18)10-11-20(27)28(24(30)23(27)29)21(16-33-34(8,9)25(2,3)4)26(5,6)13-12-22(28)32-17-31-7/h11,19,21-22,24,30H,1,10,12-17H2,2-9H3/t19-,21?,22+,24-,27+,28-/m1/s1. The third kappa shape index (κ3) is 3.58. The first-order chi connectivity index (χ1) is 15.6. The quantitative estimate of drug-likeness (QED) is 0.296. The number of ketones is 1. The molecule has 0 aliphatic heterocycles. The summed E-state index contributed by atoms with van der Waals surface area (Å²) in [5.41, 5.74) is 0.731. The molecular formula is C28H46O5Si. The first kappa shape index (κ1) is 26.3. The lowest BCUT2D eigenvalue weighted by molar-refractivity contribution is -0.194. The molecule has 6 atom stereocenters. The van der Waals surface area contributed by atoms with Crippen LogP contribution >= 0.6 is 0 Å². The average molecular weight is 491 g/mol. The number of rotatable bonds is 6. The highest BCUT2D eigenvalue weighted by atomic mass is 28.4. The molecule has 5 nitrogen and oxygen atoms in total. The van der Waals surface area contributed by atoms with Gasteiger partial charge in [-0.05, 0) is 67.1 Å². The normalized spacial score (nSPS) is 39.5. The number of methoxy groups -OCH3 is 1. The second-order valence-corrected chi connectivity index (χ2v) is 18.4. The number of aliphatic hydroxyl groups excluding tert-OH is 1. The van der Waals surface area contributed by atoms with Gasteiger partial charge in [0.1, 0.15) is 12.9 Å². The molecule has 3 saturated carbocycles. The molecule has 1 N–H and O–H groups in total. The second-order valence-electron chi connectivity index (χ2n) is 13.6. The van der Waals surface area contributed by atoms with Gasteiger partial charge in [-0.25, -0.2) is 0 Å². The van der Waals surface area contributed by atoms with E-state index in [0.29, 0.717) is 18.9 Å². The smallest absolute Gasteiger partial charge is 0.191 e. The molecule has 4 rings (SSSR count). The predicted octanol–water partition coefficient (Wildman–Crippen LogP) is 5.65. The van der Waals surface area contributed by atoms with Crippen LogP contribution in [0.25, 0.3) is 0 Å². The Bertz CT molecular complexity index is 884. The van der Waals surface area contributed by atoms with Gasteiger partial charge in [-0.15, -0.1) is 0 Å². The fourth-order valence-corrected chi connectivity index (χ4v) is 8.39. The van der Waals surface area contributed by atoms with Gasteiger partial charge in [-0.1, -0.05) is 52.8 Å². The number of Topliss-reactive ketones (excluding diaryl/α,β-unsaturated/α-hetero) is 1. The largest absolute Gasteiger partial charge is 0.416 e. The van der Waals surface area contributed by atoms with Crippen molar-refractivity contribution >= 4 is 14.1 Å². The Kier molecular flexibility index (Phi) is 6.47. The molecule has 6 heteroatoms. The van der Waals surface area contributed by atoms with Crippen LogP contribution in [0.3, 0.4) is 0 Å². The van der Waals surface area contributed by atoms with E-state index in [9.17, 15) is 9.90 Å². The number of hydrogen-bond acceptors (Lipinski definition) is 5. The zero-order valence-electron chi connectivity index (χ0n) is 22.6. The molecule has 4 aliphatic rings. The van der Waals surface area contributed by atoms with Gasteiger partial charge < -0.3 is 19.0 Å². The van der Waals surface area contributed by atoms with Crippen LogP contribution in [0.1, 0.15) is 66.7 Å². The van der Waals surface area contributed by atoms with Gasteiger partial charge in [-0.2, -0.15) is 0 Å². The summed E-state index contributed by atoms with van der Waals surface area (Å²) in [5, 5.41) is 12.1. The Labute approximate surface area is 207 Å². The van der Waals surface area contributed by atoms with Crippen LogP contribution in [0.5, 0.6) is 0 Å². The van der Waals surface area contributed by atoms with E-state index in [1.165, 1.54) is 0 Å². The third-order valence-electron chi connectivity index (χ3n) is 10.4. The van der Waals surface area contributed by atoms with Crippen molar-refractivity contribution in [3.8, 4) is 0 Å². The van der Waals surface area contributed by atoms with Crippen LogP contribution in [-0.4, -0.2) is 51.9 Å². The number of aliphatic hydroxyl groups is 1. The first-order valence-electron chi connectivity index (χ1n) is 13.0. The minimum atomic E-state index is -2.04. The zero-order chi connectivity index (χ0) is 25.3. The molecule has 192 valence electrons. The number of fused-ring (bicyclic) bond motifs is 2. The molecule has 0 heterocycles. The SMILES string of the molecule is C=C1C[C@]23C[C@H]1CC=C2[C@]1(C(CO[Si](C)(C)C(C)(C)C)C(C)(C)CC[C@@H]1OCOC)[C@H](O)C3=O. The Morgan fingerprint density at radius 1 is 1.26 bits per heavy atom. The van der Waals surface area contributed by atoms with Crippen LogP contribution in [0, 0.1) is 28.1 Å². The van der Waals surface area contributed by atoms with E-state index in [4.69, 9.17) is 13.9 Å². The van der Waals surface area contributed by atoms with Crippen molar-refractivity contribution in [2.24, 2.45) is 28.1 Å². The van der Waals surface area contributed by atoms with Crippen LogP contribution in [0.15, 0.2) is 23.8 Å². The first-order valence-corrected chi connectivity index (χ1v) is 15.9. The van der Waals surface area contributed by atoms with Crippen molar-refractivity contribution in [3.63, 3.8) is 0 Å². The molecule has 3 fully saturated rings. The van der Waals surface area contributed by atoms with E-state index in [-0.39, 0.29) is 35.1 Å². The van der Waals surface area contributed by atoms with Crippen molar-refractivity contribution in [2.45, 2.75) is 97.1 Å². The molecule has 0 aromatic heterocycles. The molecule has 0 radical (unpaired) electrons. The molecule has 0 aromatic rings. The summed E-state index contributed by atoms with van der Waals surface area (Å²) >= 11 is 0. The Hall–Kier alpha value is -0.793. The van der Waals surface area contributed by atoms with E-state index in [0.717, 1.165) is 36.8 Å². The molecule has 0 aromatic carbocycles. The minimum absolute atomic E-state index is 0.0249. The fraction of sp³-hybridized carbons (Fsp3) is 0.821. The molecule has 1 unspecified atom stereocenters.